The van der Waals surface area contributed by atoms with Crippen LogP contribution in [0.2, 0.25) is 0 Å². The SMILES string of the molecule is CSC(=O)COCCN1CCN(c2ccc(C(=O)C(C)C)cn2)CC1. The number of nitrogens with zero attached hydrogens (tertiary/aromatic N) is 3. The van der Waals surface area contributed by atoms with Crippen molar-refractivity contribution in [2.24, 2.45) is 5.92 Å². The van der Waals surface area contributed by atoms with Gasteiger partial charge in [-0.25, -0.2) is 4.98 Å². The standard InChI is InChI=1S/C18H27N3O3S/c1-14(2)18(23)15-4-5-16(19-12-15)21-8-6-20(7-9-21)10-11-24-13-17(22)25-3/h4-5,12,14H,6-11,13H2,1-3H3. The Bertz CT molecular complexity index is 569. The molecule has 0 atom stereocenters. The number of pyridine rings is 1. The van der Waals surface area contributed by atoms with Crippen molar-refractivity contribution in [3.8, 4) is 0 Å². The van der Waals surface area contributed by atoms with Gasteiger partial charge in [0.2, 0.25) is 5.12 Å². The molecule has 1 aromatic rings. The van der Waals surface area contributed by atoms with Crippen molar-refractivity contribution >= 4 is 28.5 Å². The second-order valence-corrected chi connectivity index (χ2v) is 7.25. The maximum atomic E-state index is 12.0. The molecule has 1 aliphatic heterocycles. The molecule has 1 aromatic heterocycles. The van der Waals surface area contributed by atoms with Gasteiger partial charge >= 0.3 is 0 Å². The normalized spacial score (nSPS) is 15.6. The Labute approximate surface area is 153 Å². The molecule has 138 valence electrons. The first-order valence-electron chi connectivity index (χ1n) is 8.63. The van der Waals surface area contributed by atoms with Gasteiger partial charge in [-0.05, 0) is 18.4 Å². The summed E-state index contributed by atoms with van der Waals surface area (Å²) in [7, 11) is 0. The zero-order valence-electron chi connectivity index (χ0n) is 15.2. The summed E-state index contributed by atoms with van der Waals surface area (Å²) in [6.45, 7) is 9.07. The van der Waals surface area contributed by atoms with E-state index in [4.69, 9.17) is 4.74 Å². The predicted molar refractivity (Wildman–Crippen MR) is 101 cm³/mol. The molecule has 0 saturated carbocycles. The highest BCUT2D eigenvalue weighted by Crippen LogP contribution is 2.15. The smallest absolute Gasteiger partial charge is 0.214 e. The number of aromatic nitrogens is 1. The van der Waals surface area contributed by atoms with Gasteiger partial charge in [-0.2, -0.15) is 0 Å². The fourth-order valence-electron chi connectivity index (χ4n) is 2.66. The van der Waals surface area contributed by atoms with Crippen LogP contribution < -0.4 is 4.90 Å². The van der Waals surface area contributed by atoms with Crippen molar-refractivity contribution in [1.29, 1.82) is 0 Å². The minimum Gasteiger partial charge on any atom is -0.371 e. The number of carbonyl (C=O) groups is 2. The Hall–Kier alpha value is -1.44. The molecule has 0 amide bonds. The number of hydrogen-bond acceptors (Lipinski definition) is 7. The maximum absolute atomic E-state index is 12.0. The number of thioether (sulfide) groups is 1. The van der Waals surface area contributed by atoms with E-state index in [0.29, 0.717) is 12.2 Å². The van der Waals surface area contributed by atoms with Gasteiger partial charge in [-0.1, -0.05) is 25.6 Å². The molecule has 0 radical (unpaired) electrons. The average Bonchev–Trinajstić information content (AvgIpc) is 2.65. The van der Waals surface area contributed by atoms with Gasteiger partial charge in [-0.15, -0.1) is 0 Å². The van der Waals surface area contributed by atoms with Crippen LogP contribution in [0.4, 0.5) is 5.82 Å². The van der Waals surface area contributed by atoms with Crippen LogP contribution in [0.25, 0.3) is 0 Å². The molecule has 25 heavy (non-hydrogen) atoms. The minimum atomic E-state index is -0.00960. The summed E-state index contributed by atoms with van der Waals surface area (Å²) in [5.41, 5.74) is 0.675. The van der Waals surface area contributed by atoms with Crippen molar-refractivity contribution in [1.82, 2.24) is 9.88 Å². The largest absolute Gasteiger partial charge is 0.371 e. The second-order valence-electron chi connectivity index (χ2n) is 6.38. The lowest BCUT2D eigenvalue weighted by molar-refractivity contribution is -0.115. The van der Waals surface area contributed by atoms with Gasteiger partial charge in [-0.3, -0.25) is 14.5 Å². The summed E-state index contributed by atoms with van der Waals surface area (Å²) in [4.78, 5) is 32.1. The van der Waals surface area contributed by atoms with Gasteiger partial charge in [0.05, 0.1) is 6.61 Å². The van der Waals surface area contributed by atoms with Crippen LogP contribution in [0.3, 0.4) is 0 Å². The van der Waals surface area contributed by atoms with E-state index in [1.165, 1.54) is 11.8 Å². The van der Waals surface area contributed by atoms with Crippen molar-refractivity contribution in [2.45, 2.75) is 13.8 Å². The van der Waals surface area contributed by atoms with Crippen molar-refractivity contribution < 1.29 is 14.3 Å². The van der Waals surface area contributed by atoms with E-state index in [2.05, 4.69) is 14.8 Å². The number of carbonyl (C=O) groups excluding carboxylic acids is 2. The minimum absolute atomic E-state index is 0.00960. The quantitative estimate of drug-likeness (QED) is 0.515. The van der Waals surface area contributed by atoms with Gasteiger partial charge < -0.3 is 9.64 Å². The molecule has 1 saturated heterocycles. The molecule has 1 aliphatic rings. The third kappa shape index (κ3) is 6.09. The Morgan fingerprint density at radius 2 is 1.96 bits per heavy atom. The topological polar surface area (TPSA) is 62.7 Å². The van der Waals surface area contributed by atoms with Crippen molar-refractivity contribution in [3.05, 3.63) is 23.9 Å². The van der Waals surface area contributed by atoms with E-state index in [0.717, 1.165) is 38.5 Å². The first kappa shape index (κ1) is 19.9. The summed E-state index contributed by atoms with van der Waals surface area (Å²) < 4.78 is 5.39. The van der Waals surface area contributed by atoms with Crippen LogP contribution in [0, 0.1) is 5.92 Å². The summed E-state index contributed by atoms with van der Waals surface area (Å²) in [5, 5.41) is 0.0651. The summed E-state index contributed by atoms with van der Waals surface area (Å²) in [6, 6.07) is 3.80. The Morgan fingerprint density at radius 1 is 1.24 bits per heavy atom. The van der Waals surface area contributed by atoms with E-state index in [1.807, 2.05) is 26.0 Å². The number of Topliss-reactive ketones (excluding diaryl/α,β-unsaturated/α-hetero) is 1. The van der Waals surface area contributed by atoms with E-state index < -0.39 is 0 Å². The highest BCUT2D eigenvalue weighted by atomic mass is 32.2. The number of rotatable bonds is 8. The van der Waals surface area contributed by atoms with Crippen LogP contribution in [0.5, 0.6) is 0 Å². The van der Waals surface area contributed by atoms with Crippen LogP contribution in [0.15, 0.2) is 18.3 Å². The molecule has 1 fully saturated rings. The third-order valence-corrected chi connectivity index (χ3v) is 4.83. The van der Waals surface area contributed by atoms with Gasteiger partial charge in [0.1, 0.15) is 12.4 Å². The lowest BCUT2D eigenvalue weighted by Crippen LogP contribution is -2.47. The lowest BCUT2D eigenvalue weighted by atomic mass is 10.0. The van der Waals surface area contributed by atoms with E-state index in [9.17, 15) is 9.59 Å². The van der Waals surface area contributed by atoms with E-state index in [1.54, 1.807) is 12.5 Å². The summed E-state index contributed by atoms with van der Waals surface area (Å²) in [6.07, 6.45) is 3.45. The van der Waals surface area contributed by atoms with Gasteiger partial charge in [0.15, 0.2) is 5.78 Å². The number of anilines is 1. The molecule has 0 aromatic carbocycles. The van der Waals surface area contributed by atoms with Crippen LogP contribution in [-0.4, -0.2) is 73.0 Å². The molecule has 7 heteroatoms. The van der Waals surface area contributed by atoms with Crippen molar-refractivity contribution in [3.63, 3.8) is 0 Å². The summed E-state index contributed by atoms with van der Waals surface area (Å²) >= 11 is 1.20. The van der Waals surface area contributed by atoms with Gasteiger partial charge in [0.25, 0.3) is 0 Å². The van der Waals surface area contributed by atoms with Gasteiger partial charge in [0, 0.05) is 50.4 Å². The molecule has 2 rings (SSSR count). The molecule has 0 aliphatic carbocycles. The predicted octanol–water partition coefficient (Wildman–Crippen LogP) is 1.95. The molecule has 0 bridgehead atoms. The zero-order chi connectivity index (χ0) is 18.2. The Morgan fingerprint density at radius 3 is 2.52 bits per heavy atom. The highest BCUT2D eigenvalue weighted by molar-refractivity contribution is 8.13. The first-order chi connectivity index (χ1) is 12.0. The van der Waals surface area contributed by atoms with Crippen molar-refractivity contribution in [2.75, 3.05) is 57.1 Å². The number of ketones is 1. The van der Waals surface area contributed by atoms with Crippen LogP contribution >= 0.6 is 11.8 Å². The summed E-state index contributed by atoms with van der Waals surface area (Å²) in [5.74, 6) is 1.04. The van der Waals surface area contributed by atoms with Crippen LogP contribution in [0.1, 0.15) is 24.2 Å². The number of piperazine rings is 1. The second kappa shape index (κ2) is 9.89. The maximum Gasteiger partial charge on any atom is 0.214 e. The first-order valence-corrected chi connectivity index (χ1v) is 9.86. The lowest BCUT2D eigenvalue weighted by Gasteiger charge is -2.35. The number of ether oxygens (including phenoxy) is 1. The Balaban J connectivity index is 1.74. The molecular weight excluding hydrogens is 338 g/mol. The molecule has 0 unspecified atom stereocenters. The molecule has 0 N–H and O–H groups in total. The zero-order valence-corrected chi connectivity index (χ0v) is 16.1. The van der Waals surface area contributed by atoms with E-state index in [-0.39, 0.29) is 23.4 Å². The molecule has 2 heterocycles. The molecular formula is C18H27N3O3S. The monoisotopic (exact) mass is 365 g/mol. The Kier molecular flexibility index (Phi) is 7.87. The fourth-order valence-corrected chi connectivity index (χ4v) is 2.86. The highest BCUT2D eigenvalue weighted by Gasteiger charge is 2.18. The van der Waals surface area contributed by atoms with E-state index >= 15 is 0 Å². The average molecular weight is 365 g/mol. The molecule has 0 spiro atoms. The number of hydrogen-bond donors (Lipinski definition) is 0. The third-order valence-electron chi connectivity index (χ3n) is 4.25. The molecule has 6 nitrogen and oxygen atoms in total. The fraction of sp³-hybridized carbons (Fsp3) is 0.611. The van der Waals surface area contributed by atoms with Crippen LogP contribution in [-0.2, 0) is 9.53 Å².